The highest BCUT2D eigenvalue weighted by Gasteiger charge is 2.08. The molecule has 5 heteroatoms. The van der Waals surface area contributed by atoms with Crippen LogP contribution in [0.4, 0.5) is 0 Å². The summed E-state index contributed by atoms with van der Waals surface area (Å²) in [6.45, 7) is 2.32. The summed E-state index contributed by atoms with van der Waals surface area (Å²) >= 11 is 6.10. The van der Waals surface area contributed by atoms with Crippen molar-refractivity contribution in [1.82, 2.24) is 5.43 Å². The molecule has 0 saturated heterocycles. The van der Waals surface area contributed by atoms with Gasteiger partial charge in [-0.05, 0) is 35.7 Å². The van der Waals surface area contributed by atoms with Crippen molar-refractivity contribution in [2.75, 3.05) is 0 Å². The van der Waals surface area contributed by atoms with Gasteiger partial charge in [0.2, 0.25) is 5.91 Å². The number of carbonyl (C=O) groups is 1. The Morgan fingerprint density at radius 1 is 1.24 bits per heavy atom. The molecule has 0 aliphatic rings. The average Bonchev–Trinajstić information content (AvgIpc) is 2.49. The van der Waals surface area contributed by atoms with E-state index in [0.717, 1.165) is 16.7 Å². The molecular weight excluding hydrogens is 288 g/mol. The number of hydrogen-bond acceptors (Lipinski definition) is 3. The fourth-order valence-electron chi connectivity index (χ4n) is 1.97. The molecule has 2 aromatic carbocycles. The Morgan fingerprint density at radius 3 is 2.67 bits per heavy atom. The third-order valence-corrected chi connectivity index (χ3v) is 3.41. The summed E-state index contributed by atoms with van der Waals surface area (Å²) < 4.78 is 5.76. The smallest absolute Gasteiger partial charge is 0.238 e. The van der Waals surface area contributed by atoms with Crippen molar-refractivity contribution in [1.29, 1.82) is 0 Å². The van der Waals surface area contributed by atoms with Gasteiger partial charge in [-0.25, -0.2) is 5.84 Å². The largest absolute Gasteiger partial charge is 0.487 e. The van der Waals surface area contributed by atoms with Gasteiger partial charge in [-0.2, -0.15) is 0 Å². The topological polar surface area (TPSA) is 64.3 Å². The predicted octanol–water partition coefficient (Wildman–Crippen LogP) is 2.76. The Kier molecular flexibility index (Phi) is 5.20. The molecule has 0 heterocycles. The molecule has 2 aromatic rings. The normalized spacial score (nSPS) is 10.2. The highest BCUT2D eigenvalue weighted by Crippen LogP contribution is 2.26. The van der Waals surface area contributed by atoms with Crippen LogP contribution in [-0.4, -0.2) is 5.91 Å². The van der Waals surface area contributed by atoms with E-state index in [-0.39, 0.29) is 12.3 Å². The lowest BCUT2D eigenvalue weighted by atomic mass is 10.1. The van der Waals surface area contributed by atoms with Crippen LogP contribution in [0, 0.1) is 6.92 Å². The second kappa shape index (κ2) is 7.11. The van der Waals surface area contributed by atoms with Gasteiger partial charge in [0.05, 0.1) is 11.4 Å². The quantitative estimate of drug-likeness (QED) is 0.507. The van der Waals surface area contributed by atoms with Gasteiger partial charge < -0.3 is 4.74 Å². The van der Waals surface area contributed by atoms with Crippen molar-refractivity contribution in [2.45, 2.75) is 20.0 Å². The van der Waals surface area contributed by atoms with Crippen molar-refractivity contribution in [3.63, 3.8) is 0 Å². The Bertz CT molecular complexity index is 644. The molecule has 0 spiro atoms. The lowest BCUT2D eigenvalue weighted by Crippen LogP contribution is -2.31. The average molecular weight is 305 g/mol. The number of nitrogens with two attached hydrogens (primary N) is 1. The van der Waals surface area contributed by atoms with E-state index in [1.807, 2.05) is 43.3 Å². The number of carbonyl (C=O) groups excluding carboxylic acids is 1. The molecule has 0 unspecified atom stereocenters. The highest BCUT2D eigenvalue weighted by atomic mass is 35.5. The number of benzene rings is 2. The molecule has 2 rings (SSSR count). The molecule has 0 atom stereocenters. The van der Waals surface area contributed by atoms with Crippen LogP contribution in [0.3, 0.4) is 0 Å². The molecule has 3 N–H and O–H groups in total. The number of aryl methyl sites for hydroxylation is 1. The second-order valence-electron chi connectivity index (χ2n) is 4.74. The van der Waals surface area contributed by atoms with Gasteiger partial charge in [0, 0.05) is 0 Å². The van der Waals surface area contributed by atoms with Crippen LogP contribution in [-0.2, 0) is 17.8 Å². The summed E-state index contributed by atoms with van der Waals surface area (Å²) in [4.78, 5) is 11.4. The first-order chi connectivity index (χ1) is 10.1. The van der Waals surface area contributed by atoms with E-state index in [1.165, 1.54) is 0 Å². The third-order valence-electron chi connectivity index (χ3n) is 3.10. The fourth-order valence-corrected chi connectivity index (χ4v) is 2.14. The third kappa shape index (κ3) is 4.21. The van der Waals surface area contributed by atoms with Crippen molar-refractivity contribution in [2.24, 2.45) is 5.84 Å². The van der Waals surface area contributed by atoms with Gasteiger partial charge in [-0.3, -0.25) is 10.2 Å². The van der Waals surface area contributed by atoms with Crippen LogP contribution in [0.2, 0.25) is 5.02 Å². The van der Waals surface area contributed by atoms with E-state index in [1.54, 1.807) is 6.07 Å². The maximum absolute atomic E-state index is 11.4. The summed E-state index contributed by atoms with van der Waals surface area (Å²) in [5.74, 6) is 5.52. The van der Waals surface area contributed by atoms with Crippen LogP contribution in [0.1, 0.15) is 16.7 Å². The summed E-state index contributed by atoms with van der Waals surface area (Å²) in [7, 11) is 0. The zero-order chi connectivity index (χ0) is 15.2. The summed E-state index contributed by atoms with van der Waals surface area (Å²) in [5, 5.41) is 0.567. The molecule has 0 aliphatic carbocycles. The Balaban J connectivity index is 2.13. The maximum Gasteiger partial charge on any atom is 0.238 e. The number of hydrogen-bond donors (Lipinski definition) is 2. The molecule has 0 radical (unpaired) electrons. The van der Waals surface area contributed by atoms with Crippen molar-refractivity contribution >= 4 is 17.5 Å². The van der Waals surface area contributed by atoms with E-state index in [2.05, 4.69) is 5.43 Å². The minimum atomic E-state index is -0.240. The molecule has 4 nitrogen and oxygen atoms in total. The number of nitrogens with one attached hydrogen (secondary N) is 1. The number of hydrazine groups is 1. The van der Waals surface area contributed by atoms with Gasteiger partial charge in [0.1, 0.15) is 12.4 Å². The molecule has 0 aliphatic heterocycles. The molecule has 0 aromatic heterocycles. The van der Waals surface area contributed by atoms with Gasteiger partial charge >= 0.3 is 0 Å². The first-order valence-corrected chi connectivity index (χ1v) is 6.93. The molecule has 0 fully saturated rings. The zero-order valence-electron chi connectivity index (χ0n) is 11.7. The predicted molar refractivity (Wildman–Crippen MR) is 83.0 cm³/mol. The summed E-state index contributed by atoms with van der Waals surface area (Å²) in [6.07, 6.45) is 0.220. The SMILES string of the molecule is Cc1ccc(Cl)c(OCc2ccccc2CC(=O)NN)c1. The minimum absolute atomic E-state index is 0.220. The molecule has 0 bridgehead atoms. The van der Waals surface area contributed by atoms with Crippen LogP contribution in [0.25, 0.3) is 0 Å². The van der Waals surface area contributed by atoms with E-state index in [9.17, 15) is 4.79 Å². The molecular formula is C16H17ClN2O2. The van der Waals surface area contributed by atoms with E-state index >= 15 is 0 Å². The first kappa shape index (κ1) is 15.4. The lowest BCUT2D eigenvalue weighted by Gasteiger charge is -2.12. The van der Waals surface area contributed by atoms with Crippen LogP contribution in [0.15, 0.2) is 42.5 Å². The standard InChI is InChI=1S/C16H17ClN2O2/c1-11-6-7-14(17)15(8-11)21-10-13-5-3-2-4-12(13)9-16(20)19-18/h2-8H,9-10,18H2,1H3,(H,19,20). The number of ether oxygens (including phenoxy) is 1. The monoisotopic (exact) mass is 304 g/mol. The van der Waals surface area contributed by atoms with Crippen molar-refractivity contribution < 1.29 is 9.53 Å². The second-order valence-corrected chi connectivity index (χ2v) is 5.14. The Hall–Kier alpha value is -2.04. The van der Waals surface area contributed by atoms with Gasteiger partial charge in [-0.15, -0.1) is 0 Å². The Labute approximate surface area is 128 Å². The van der Waals surface area contributed by atoms with Crippen LogP contribution >= 0.6 is 11.6 Å². The van der Waals surface area contributed by atoms with E-state index in [0.29, 0.717) is 17.4 Å². The number of amides is 1. The minimum Gasteiger partial charge on any atom is -0.487 e. The lowest BCUT2D eigenvalue weighted by molar-refractivity contribution is -0.120. The zero-order valence-corrected chi connectivity index (χ0v) is 12.5. The van der Waals surface area contributed by atoms with E-state index < -0.39 is 0 Å². The van der Waals surface area contributed by atoms with Crippen LogP contribution < -0.4 is 16.0 Å². The van der Waals surface area contributed by atoms with Crippen LogP contribution in [0.5, 0.6) is 5.75 Å². The molecule has 0 saturated carbocycles. The Morgan fingerprint density at radius 2 is 1.95 bits per heavy atom. The highest BCUT2D eigenvalue weighted by molar-refractivity contribution is 6.32. The first-order valence-electron chi connectivity index (χ1n) is 6.55. The molecule has 110 valence electrons. The van der Waals surface area contributed by atoms with Gasteiger partial charge in [-0.1, -0.05) is 41.9 Å². The summed E-state index contributed by atoms with van der Waals surface area (Å²) in [5.41, 5.74) is 5.01. The van der Waals surface area contributed by atoms with Crippen molar-refractivity contribution in [3.8, 4) is 5.75 Å². The van der Waals surface area contributed by atoms with Gasteiger partial charge in [0.15, 0.2) is 0 Å². The number of halogens is 1. The molecule has 21 heavy (non-hydrogen) atoms. The fraction of sp³-hybridized carbons (Fsp3) is 0.188. The summed E-state index contributed by atoms with van der Waals surface area (Å²) in [6, 6.07) is 13.2. The van der Waals surface area contributed by atoms with Gasteiger partial charge in [0.25, 0.3) is 0 Å². The van der Waals surface area contributed by atoms with E-state index in [4.69, 9.17) is 22.2 Å². The van der Waals surface area contributed by atoms with Crippen molar-refractivity contribution in [3.05, 3.63) is 64.2 Å². The maximum atomic E-state index is 11.4. The number of rotatable bonds is 5. The molecule has 1 amide bonds.